The Labute approximate surface area is 132 Å². The lowest BCUT2D eigenvalue weighted by Gasteiger charge is -2.07. The lowest BCUT2D eigenvalue weighted by atomic mass is 10.1. The van der Waals surface area contributed by atoms with E-state index in [0.717, 1.165) is 5.13 Å². The lowest BCUT2D eigenvalue weighted by molar-refractivity contribution is -0.384. The zero-order chi connectivity index (χ0) is 16.4. The Morgan fingerprint density at radius 3 is 2.74 bits per heavy atom. The van der Waals surface area contributed by atoms with Crippen LogP contribution in [0, 0.1) is 10.1 Å². The summed E-state index contributed by atoms with van der Waals surface area (Å²) in [4.78, 5) is 42.3. The normalized spacial score (nSPS) is 10.8. The molecule has 0 bridgehead atoms. The maximum Gasteiger partial charge on any atom is 0.314 e. The van der Waals surface area contributed by atoms with Crippen molar-refractivity contribution in [3.63, 3.8) is 0 Å². The van der Waals surface area contributed by atoms with Crippen LogP contribution in [-0.4, -0.2) is 26.4 Å². The van der Waals surface area contributed by atoms with E-state index in [1.165, 1.54) is 23.5 Å². The van der Waals surface area contributed by atoms with Crippen molar-refractivity contribution in [2.75, 3.05) is 11.9 Å². The third-order valence-corrected chi connectivity index (χ3v) is 3.94. The molecule has 0 aliphatic carbocycles. The highest BCUT2D eigenvalue weighted by Gasteiger charge is 2.13. The molecule has 0 atom stereocenters. The maximum atomic E-state index is 11.5. The summed E-state index contributed by atoms with van der Waals surface area (Å²) in [6, 6.07) is 2.62. The molecule has 3 aromatic rings. The molecule has 0 unspecified atom stereocenters. The first-order valence-corrected chi connectivity index (χ1v) is 7.49. The Morgan fingerprint density at radius 2 is 2.04 bits per heavy atom. The minimum Gasteiger partial charge on any atom is -0.361 e. The number of nitrogens with zero attached hydrogens (tertiary/aromatic N) is 2. The largest absolute Gasteiger partial charge is 0.361 e. The highest BCUT2D eigenvalue weighted by atomic mass is 32.1. The monoisotopic (exact) mass is 333 g/mol. The molecule has 10 heteroatoms. The summed E-state index contributed by atoms with van der Waals surface area (Å²) in [7, 11) is 0. The number of thiazole rings is 1. The van der Waals surface area contributed by atoms with Gasteiger partial charge in [0, 0.05) is 30.3 Å². The molecule has 23 heavy (non-hydrogen) atoms. The average molecular weight is 333 g/mol. The van der Waals surface area contributed by atoms with Gasteiger partial charge in [-0.15, -0.1) is 11.3 Å². The molecule has 9 nitrogen and oxygen atoms in total. The number of nitro benzene ring substituents is 1. The molecule has 0 aliphatic heterocycles. The van der Waals surface area contributed by atoms with E-state index < -0.39 is 16.0 Å². The Hall–Kier alpha value is -3.01. The SMILES string of the molecule is O=c1[nH]c2cc([N+](=O)[O-])cc(CCNc3nccs3)c2[nH]c1=O. The fourth-order valence-corrected chi connectivity index (χ4v) is 2.76. The smallest absolute Gasteiger partial charge is 0.314 e. The number of nitrogens with one attached hydrogen (secondary N) is 3. The first-order valence-electron chi connectivity index (χ1n) is 6.61. The second kappa shape index (κ2) is 6.01. The van der Waals surface area contributed by atoms with Crippen molar-refractivity contribution in [1.29, 1.82) is 0 Å². The lowest BCUT2D eigenvalue weighted by Crippen LogP contribution is -2.29. The van der Waals surface area contributed by atoms with Crippen LogP contribution in [0.2, 0.25) is 0 Å². The van der Waals surface area contributed by atoms with Gasteiger partial charge < -0.3 is 15.3 Å². The van der Waals surface area contributed by atoms with Gasteiger partial charge in [-0.25, -0.2) is 4.98 Å². The predicted molar refractivity (Wildman–Crippen MR) is 86.2 cm³/mol. The minimum absolute atomic E-state index is 0.149. The van der Waals surface area contributed by atoms with Crippen LogP contribution < -0.4 is 16.4 Å². The summed E-state index contributed by atoms with van der Waals surface area (Å²) in [5.74, 6) is 0. The fraction of sp³-hybridized carbons (Fsp3) is 0.154. The van der Waals surface area contributed by atoms with Crippen LogP contribution in [0.4, 0.5) is 10.8 Å². The molecule has 118 valence electrons. The zero-order valence-corrected chi connectivity index (χ0v) is 12.5. The van der Waals surface area contributed by atoms with E-state index in [-0.39, 0.29) is 11.2 Å². The second-order valence-electron chi connectivity index (χ2n) is 4.71. The van der Waals surface area contributed by atoms with Gasteiger partial charge in [0.25, 0.3) is 5.69 Å². The van der Waals surface area contributed by atoms with Crippen molar-refractivity contribution < 1.29 is 4.92 Å². The van der Waals surface area contributed by atoms with E-state index in [1.807, 2.05) is 5.38 Å². The number of hydrogen-bond donors (Lipinski definition) is 3. The predicted octanol–water partition coefficient (Wildman–Crippen LogP) is 1.24. The molecule has 0 amide bonds. The Balaban J connectivity index is 1.98. The van der Waals surface area contributed by atoms with Gasteiger partial charge in [0.1, 0.15) is 0 Å². The van der Waals surface area contributed by atoms with E-state index >= 15 is 0 Å². The van der Waals surface area contributed by atoms with Crippen molar-refractivity contribution >= 4 is 33.2 Å². The first-order chi connectivity index (χ1) is 11.0. The number of rotatable bonds is 5. The van der Waals surface area contributed by atoms with Crippen LogP contribution in [-0.2, 0) is 6.42 Å². The van der Waals surface area contributed by atoms with E-state index in [1.54, 1.807) is 6.20 Å². The number of anilines is 1. The third-order valence-electron chi connectivity index (χ3n) is 3.21. The Morgan fingerprint density at radius 1 is 1.26 bits per heavy atom. The first kappa shape index (κ1) is 14.9. The van der Waals surface area contributed by atoms with Crippen LogP contribution in [0.15, 0.2) is 33.3 Å². The molecule has 0 spiro atoms. The van der Waals surface area contributed by atoms with Gasteiger partial charge in [0.15, 0.2) is 5.13 Å². The Bertz CT molecular complexity index is 976. The fourth-order valence-electron chi connectivity index (χ4n) is 2.20. The quantitative estimate of drug-likeness (QED) is 0.365. The number of benzene rings is 1. The molecule has 2 aromatic heterocycles. The molecule has 3 rings (SSSR count). The number of hydrogen-bond acceptors (Lipinski definition) is 7. The summed E-state index contributed by atoms with van der Waals surface area (Å²) in [5, 5.41) is 16.7. The molecule has 0 aliphatic rings. The van der Waals surface area contributed by atoms with E-state index in [2.05, 4.69) is 20.3 Å². The molecule has 0 radical (unpaired) electrons. The topological polar surface area (TPSA) is 134 Å². The highest BCUT2D eigenvalue weighted by Crippen LogP contribution is 2.22. The molecule has 0 saturated heterocycles. The zero-order valence-electron chi connectivity index (χ0n) is 11.7. The summed E-state index contributed by atoms with van der Waals surface area (Å²) in [6.45, 7) is 0.477. The van der Waals surface area contributed by atoms with Crippen LogP contribution >= 0.6 is 11.3 Å². The maximum absolute atomic E-state index is 11.5. The van der Waals surface area contributed by atoms with Crippen molar-refractivity contribution in [3.8, 4) is 0 Å². The van der Waals surface area contributed by atoms with Crippen molar-refractivity contribution in [1.82, 2.24) is 15.0 Å². The number of non-ortho nitro benzene ring substituents is 1. The number of aromatic amines is 2. The molecule has 0 saturated carbocycles. The van der Waals surface area contributed by atoms with Crippen LogP contribution in [0.1, 0.15) is 5.56 Å². The van der Waals surface area contributed by atoms with E-state index in [9.17, 15) is 19.7 Å². The van der Waals surface area contributed by atoms with Gasteiger partial charge in [-0.3, -0.25) is 19.7 Å². The highest BCUT2D eigenvalue weighted by molar-refractivity contribution is 7.13. The standard InChI is InChI=1S/C13H11N5O4S/c19-11-12(20)17-10-7(1-2-14-13-15-3-4-23-13)5-8(18(21)22)6-9(10)16-11/h3-6H,1-2H2,(H,14,15)(H,16,19)(H,17,20). The summed E-state index contributed by atoms with van der Waals surface area (Å²) >= 11 is 1.44. The number of aromatic nitrogens is 3. The summed E-state index contributed by atoms with van der Waals surface area (Å²) in [6.07, 6.45) is 2.08. The van der Waals surface area contributed by atoms with Crippen LogP contribution in [0.25, 0.3) is 11.0 Å². The van der Waals surface area contributed by atoms with Gasteiger partial charge in [-0.1, -0.05) is 0 Å². The molecule has 2 heterocycles. The second-order valence-corrected chi connectivity index (χ2v) is 5.60. The molecular weight excluding hydrogens is 322 g/mol. The van der Waals surface area contributed by atoms with Crippen molar-refractivity contribution in [2.24, 2.45) is 0 Å². The van der Waals surface area contributed by atoms with Gasteiger partial charge in [0.2, 0.25) is 0 Å². The van der Waals surface area contributed by atoms with Crippen LogP contribution in [0.5, 0.6) is 0 Å². The molecule has 1 aromatic carbocycles. The summed E-state index contributed by atoms with van der Waals surface area (Å²) in [5.41, 5.74) is -0.601. The van der Waals surface area contributed by atoms with Gasteiger partial charge in [-0.05, 0) is 12.0 Å². The van der Waals surface area contributed by atoms with E-state index in [4.69, 9.17) is 0 Å². The Kier molecular flexibility index (Phi) is 3.89. The van der Waals surface area contributed by atoms with Gasteiger partial charge >= 0.3 is 11.1 Å². The number of fused-ring (bicyclic) bond motifs is 1. The van der Waals surface area contributed by atoms with Crippen molar-refractivity contribution in [3.05, 3.63) is 60.1 Å². The molecular formula is C13H11N5O4S. The van der Waals surface area contributed by atoms with E-state index in [0.29, 0.717) is 24.0 Å². The van der Waals surface area contributed by atoms with Gasteiger partial charge in [0.05, 0.1) is 16.0 Å². The van der Waals surface area contributed by atoms with Crippen molar-refractivity contribution in [2.45, 2.75) is 6.42 Å². The minimum atomic E-state index is -0.843. The number of nitro groups is 1. The third kappa shape index (κ3) is 3.11. The number of H-pyrrole nitrogens is 2. The molecule has 0 fully saturated rings. The molecule has 3 N–H and O–H groups in total. The summed E-state index contributed by atoms with van der Waals surface area (Å²) < 4.78 is 0. The van der Waals surface area contributed by atoms with Gasteiger partial charge in [-0.2, -0.15) is 0 Å². The van der Waals surface area contributed by atoms with Crippen LogP contribution in [0.3, 0.4) is 0 Å². The average Bonchev–Trinajstić information content (AvgIpc) is 3.02.